The predicted molar refractivity (Wildman–Crippen MR) is 76.9 cm³/mol. The van der Waals surface area contributed by atoms with E-state index in [2.05, 4.69) is 10.3 Å². The smallest absolute Gasteiger partial charge is 0.255 e. The summed E-state index contributed by atoms with van der Waals surface area (Å²) in [5.41, 5.74) is 0.731. The molecule has 3 rings (SSSR count). The predicted octanol–water partition coefficient (Wildman–Crippen LogP) is 3.46. The number of carbonyl (C=O) groups excluding carboxylic acids is 1. The van der Waals surface area contributed by atoms with Crippen LogP contribution in [0.3, 0.4) is 0 Å². The van der Waals surface area contributed by atoms with Gasteiger partial charge in [0, 0.05) is 6.61 Å². The molecule has 4 nitrogen and oxygen atoms in total. The average molecular weight is 297 g/mol. The number of hydrogen-bond donors (Lipinski definition) is 1. The van der Waals surface area contributed by atoms with Crippen molar-refractivity contribution in [1.29, 1.82) is 0 Å². The maximum Gasteiger partial charge on any atom is 0.255 e. The Morgan fingerprint density at radius 2 is 2.37 bits per heavy atom. The highest BCUT2D eigenvalue weighted by atomic mass is 35.5. The molecule has 1 fully saturated rings. The third-order valence-electron chi connectivity index (χ3n) is 3.07. The molecule has 6 heteroatoms. The second kappa shape index (κ2) is 5.45. The lowest BCUT2D eigenvalue weighted by atomic mass is 10.1. The van der Waals surface area contributed by atoms with E-state index in [1.165, 1.54) is 11.3 Å². The molecule has 1 atom stereocenters. The quantitative estimate of drug-likeness (QED) is 0.923. The van der Waals surface area contributed by atoms with Crippen LogP contribution in [0.2, 0.25) is 5.02 Å². The zero-order chi connectivity index (χ0) is 13.2. The van der Waals surface area contributed by atoms with Crippen LogP contribution in [0.5, 0.6) is 0 Å². The molecule has 0 saturated carbocycles. The number of anilines is 1. The molecule has 1 unspecified atom stereocenters. The van der Waals surface area contributed by atoms with E-state index in [0.29, 0.717) is 16.8 Å². The number of hydrogen-bond acceptors (Lipinski definition) is 4. The first-order chi connectivity index (χ1) is 9.24. The molecule has 1 amide bonds. The summed E-state index contributed by atoms with van der Waals surface area (Å²) in [7, 11) is 0. The van der Waals surface area contributed by atoms with Gasteiger partial charge in [0.1, 0.15) is 11.6 Å². The van der Waals surface area contributed by atoms with Crippen LogP contribution in [-0.4, -0.2) is 23.6 Å². The van der Waals surface area contributed by atoms with E-state index in [1.54, 1.807) is 6.07 Å². The van der Waals surface area contributed by atoms with Crippen molar-refractivity contribution in [2.45, 2.75) is 25.4 Å². The Morgan fingerprint density at radius 3 is 3.11 bits per heavy atom. The number of ether oxygens (including phenoxy) is 1. The number of carbonyl (C=O) groups is 1. The van der Waals surface area contributed by atoms with E-state index >= 15 is 0 Å². The minimum absolute atomic E-state index is 0.116. The molecular weight excluding hydrogens is 284 g/mol. The third-order valence-corrected chi connectivity index (χ3v) is 4.31. The van der Waals surface area contributed by atoms with Crippen molar-refractivity contribution in [1.82, 2.24) is 4.98 Å². The van der Waals surface area contributed by atoms with Gasteiger partial charge in [-0.15, -0.1) is 0 Å². The lowest BCUT2D eigenvalue weighted by molar-refractivity contribution is -0.129. The van der Waals surface area contributed by atoms with Gasteiger partial charge in [0.15, 0.2) is 5.13 Å². The maximum absolute atomic E-state index is 12.0. The van der Waals surface area contributed by atoms with E-state index in [-0.39, 0.29) is 12.0 Å². The average Bonchev–Trinajstić information content (AvgIpc) is 2.84. The lowest BCUT2D eigenvalue weighted by Crippen LogP contribution is -2.33. The summed E-state index contributed by atoms with van der Waals surface area (Å²) in [5.74, 6) is -0.116. The molecule has 0 bridgehead atoms. The minimum atomic E-state index is -0.351. The standard InChI is InChI=1S/C13H13ClN2O2S/c14-8-4-3-6-10-11(8)15-13(19-10)16-12(17)9-5-1-2-7-18-9/h3-4,6,9H,1-2,5,7H2,(H,15,16,17). The van der Waals surface area contributed by atoms with Gasteiger partial charge in [-0.2, -0.15) is 0 Å². The molecule has 1 aromatic carbocycles. The molecule has 1 aromatic heterocycles. The van der Waals surface area contributed by atoms with Crippen molar-refractivity contribution in [2.24, 2.45) is 0 Å². The molecule has 2 heterocycles. The molecule has 2 aromatic rings. The number of nitrogens with one attached hydrogen (secondary N) is 1. The van der Waals surface area contributed by atoms with E-state index < -0.39 is 0 Å². The molecular formula is C13H13ClN2O2S. The number of nitrogens with zero attached hydrogens (tertiary/aromatic N) is 1. The van der Waals surface area contributed by atoms with Crippen molar-refractivity contribution in [3.8, 4) is 0 Å². The van der Waals surface area contributed by atoms with E-state index in [1.807, 2.05) is 12.1 Å². The molecule has 0 aliphatic carbocycles. The Kier molecular flexibility index (Phi) is 3.68. The van der Waals surface area contributed by atoms with Crippen LogP contribution in [0.1, 0.15) is 19.3 Å². The molecule has 100 valence electrons. The van der Waals surface area contributed by atoms with Crippen LogP contribution >= 0.6 is 22.9 Å². The summed E-state index contributed by atoms with van der Waals surface area (Å²) in [4.78, 5) is 16.4. The number of halogens is 1. The van der Waals surface area contributed by atoms with Gasteiger partial charge in [-0.3, -0.25) is 10.1 Å². The molecule has 1 aliphatic heterocycles. The highest BCUT2D eigenvalue weighted by Gasteiger charge is 2.22. The summed E-state index contributed by atoms with van der Waals surface area (Å²) >= 11 is 7.48. The van der Waals surface area contributed by atoms with Gasteiger partial charge in [0.2, 0.25) is 0 Å². The Hall–Kier alpha value is -1.17. The fraction of sp³-hybridized carbons (Fsp3) is 0.385. The van der Waals surface area contributed by atoms with Gasteiger partial charge in [-0.1, -0.05) is 29.0 Å². The lowest BCUT2D eigenvalue weighted by Gasteiger charge is -2.20. The highest BCUT2D eigenvalue weighted by molar-refractivity contribution is 7.22. The Labute approximate surface area is 119 Å². The number of amides is 1. The van der Waals surface area contributed by atoms with Crippen LogP contribution in [-0.2, 0) is 9.53 Å². The largest absolute Gasteiger partial charge is 0.368 e. The van der Waals surface area contributed by atoms with Gasteiger partial charge in [-0.25, -0.2) is 4.98 Å². The number of benzene rings is 1. The summed E-state index contributed by atoms with van der Waals surface area (Å²) in [6, 6.07) is 5.60. The van der Waals surface area contributed by atoms with E-state index in [4.69, 9.17) is 16.3 Å². The minimum Gasteiger partial charge on any atom is -0.368 e. The summed E-state index contributed by atoms with van der Waals surface area (Å²) in [6.07, 6.45) is 2.48. The number of thiazole rings is 1. The van der Waals surface area contributed by atoms with Crippen molar-refractivity contribution >= 4 is 44.2 Å². The van der Waals surface area contributed by atoms with Crippen LogP contribution in [0.4, 0.5) is 5.13 Å². The van der Waals surface area contributed by atoms with Gasteiger partial charge in [-0.05, 0) is 31.4 Å². The Bertz CT molecular complexity index is 608. The van der Waals surface area contributed by atoms with Gasteiger partial charge in [0.05, 0.1) is 9.72 Å². The van der Waals surface area contributed by atoms with Crippen LogP contribution < -0.4 is 5.32 Å². The zero-order valence-corrected chi connectivity index (χ0v) is 11.8. The molecule has 0 spiro atoms. The maximum atomic E-state index is 12.0. The Morgan fingerprint density at radius 1 is 1.47 bits per heavy atom. The van der Waals surface area contributed by atoms with E-state index in [9.17, 15) is 4.79 Å². The van der Waals surface area contributed by atoms with Crippen LogP contribution in [0.25, 0.3) is 10.2 Å². The van der Waals surface area contributed by atoms with Gasteiger partial charge in [0.25, 0.3) is 5.91 Å². The number of para-hydroxylation sites is 1. The number of aromatic nitrogens is 1. The molecule has 1 aliphatic rings. The molecule has 1 N–H and O–H groups in total. The zero-order valence-electron chi connectivity index (χ0n) is 10.2. The summed E-state index contributed by atoms with van der Waals surface area (Å²) in [5, 5.41) is 3.98. The number of rotatable bonds is 2. The van der Waals surface area contributed by atoms with Gasteiger partial charge >= 0.3 is 0 Å². The summed E-state index contributed by atoms with van der Waals surface area (Å²) < 4.78 is 6.41. The van der Waals surface area contributed by atoms with E-state index in [0.717, 1.165) is 29.5 Å². The summed E-state index contributed by atoms with van der Waals surface area (Å²) in [6.45, 7) is 0.657. The topological polar surface area (TPSA) is 51.2 Å². The normalized spacial score (nSPS) is 19.5. The first kappa shape index (κ1) is 12.8. The fourth-order valence-corrected chi connectivity index (χ4v) is 3.27. The van der Waals surface area contributed by atoms with Crippen molar-refractivity contribution in [3.05, 3.63) is 23.2 Å². The number of fused-ring (bicyclic) bond motifs is 1. The first-order valence-corrected chi connectivity index (χ1v) is 7.41. The Balaban J connectivity index is 1.77. The third kappa shape index (κ3) is 2.73. The molecule has 19 heavy (non-hydrogen) atoms. The molecule has 1 saturated heterocycles. The van der Waals surface area contributed by atoms with Crippen molar-refractivity contribution in [3.63, 3.8) is 0 Å². The van der Waals surface area contributed by atoms with Crippen molar-refractivity contribution in [2.75, 3.05) is 11.9 Å². The van der Waals surface area contributed by atoms with Crippen LogP contribution in [0.15, 0.2) is 18.2 Å². The fourth-order valence-electron chi connectivity index (χ4n) is 2.10. The van der Waals surface area contributed by atoms with Gasteiger partial charge < -0.3 is 4.74 Å². The monoisotopic (exact) mass is 296 g/mol. The second-order valence-electron chi connectivity index (χ2n) is 4.45. The first-order valence-electron chi connectivity index (χ1n) is 6.21. The van der Waals surface area contributed by atoms with Crippen molar-refractivity contribution < 1.29 is 9.53 Å². The highest BCUT2D eigenvalue weighted by Crippen LogP contribution is 2.30. The van der Waals surface area contributed by atoms with Crippen LogP contribution in [0, 0.1) is 0 Å². The second-order valence-corrected chi connectivity index (χ2v) is 5.89. The SMILES string of the molecule is O=C(Nc1nc2c(Cl)cccc2s1)C1CCCCO1. The molecule has 0 radical (unpaired) electrons.